The number of carbonyl (C=O) groups excluding carboxylic acids is 1. The lowest BCUT2D eigenvalue weighted by atomic mass is 10.2. The van der Waals surface area contributed by atoms with E-state index in [0.29, 0.717) is 10.6 Å². The number of hydrogen-bond acceptors (Lipinski definition) is 5. The molecule has 0 spiro atoms. The molecule has 2 heterocycles. The van der Waals surface area contributed by atoms with Crippen LogP contribution in [0.5, 0.6) is 5.75 Å². The molecule has 8 heteroatoms. The van der Waals surface area contributed by atoms with Crippen molar-refractivity contribution in [2.75, 3.05) is 5.32 Å². The van der Waals surface area contributed by atoms with Gasteiger partial charge in [0.25, 0.3) is 5.91 Å². The third kappa shape index (κ3) is 4.83. The number of hydrogen-bond donors (Lipinski definition) is 1. The van der Waals surface area contributed by atoms with Gasteiger partial charge in [-0.25, -0.2) is 13.8 Å². The number of aromatic nitrogens is 1. The second kappa shape index (κ2) is 9.32. The lowest BCUT2D eigenvalue weighted by Crippen LogP contribution is -2.10. The highest BCUT2D eigenvalue weighted by molar-refractivity contribution is 7.21. The van der Waals surface area contributed by atoms with E-state index in [1.165, 1.54) is 23.0 Å². The molecule has 0 aliphatic carbocycles. The zero-order chi connectivity index (χ0) is 23.7. The summed E-state index contributed by atoms with van der Waals surface area (Å²) in [4.78, 5) is 17.8. The average molecular weight is 493 g/mol. The summed E-state index contributed by atoms with van der Waals surface area (Å²) >= 11 is 2.91. The number of thiophene rings is 1. The smallest absolute Gasteiger partial charge is 0.265 e. The number of nitrogens with zero attached hydrogens (tertiary/aromatic N) is 1. The van der Waals surface area contributed by atoms with Crippen molar-refractivity contribution in [3.63, 3.8) is 0 Å². The maximum absolute atomic E-state index is 13.7. The Hall–Kier alpha value is -3.62. The van der Waals surface area contributed by atoms with E-state index >= 15 is 0 Å². The molecule has 0 bridgehead atoms. The zero-order valence-electron chi connectivity index (χ0n) is 18.0. The predicted molar refractivity (Wildman–Crippen MR) is 133 cm³/mol. The first-order valence-corrected chi connectivity index (χ1v) is 12.1. The number of carbonyl (C=O) groups is 1. The quantitative estimate of drug-likeness (QED) is 0.268. The maximum Gasteiger partial charge on any atom is 0.265 e. The summed E-state index contributed by atoms with van der Waals surface area (Å²) in [6.45, 7) is 2.13. The van der Waals surface area contributed by atoms with Gasteiger partial charge in [0, 0.05) is 22.9 Å². The lowest BCUT2D eigenvalue weighted by Gasteiger charge is -2.06. The number of fused-ring (bicyclic) bond motifs is 1. The maximum atomic E-state index is 13.7. The Bertz CT molecular complexity index is 1490. The Morgan fingerprint density at radius 3 is 2.65 bits per heavy atom. The van der Waals surface area contributed by atoms with Crippen LogP contribution in [-0.4, -0.2) is 10.9 Å². The molecule has 0 unspecified atom stereocenters. The molecule has 0 atom stereocenters. The van der Waals surface area contributed by atoms with Crippen LogP contribution in [0.1, 0.15) is 20.8 Å². The van der Waals surface area contributed by atoms with Gasteiger partial charge in [-0.05, 0) is 72.5 Å². The summed E-state index contributed by atoms with van der Waals surface area (Å²) in [5.74, 6) is -1.71. The van der Waals surface area contributed by atoms with Crippen LogP contribution in [0.3, 0.4) is 0 Å². The Balaban J connectivity index is 1.22. The van der Waals surface area contributed by atoms with Gasteiger partial charge in [-0.2, -0.15) is 0 Å². The van der Waals surface area contributed by atoms with Crippen molar-refractivity contribution < 1.29 is 18.3 Å². The summed E-state index contributed by atoms with van der Waals surface area (Å²) in [5.41, 5.74) is 4.56. The van der Waals surface area contributed by atoms with Crippen LogP contribution in [0, 0.1) is 18.6 Å². The van der Waals surface area contributed by atoms with Crippen molar-refractivity contribution in [1.82, 2.24) is 4.98 Å². The van der Waals surface area contributed by atoms with Gasteiger partial charge < -0.3 is 10.1 Å². The molecular formula is C26H18F2N2O2S2. The van der Waals surface area contributed by atoms with E-state index in [9.17, 15) is 13.6 Å². The highest BCUT2D eigenvalue weighted by Gasteiger charge is 2.12. The molecule has 0 radical (unpaired) electrons. The van der Waals surface area contributed by atoms with E-state index in [1.807, 2.05) is 36.4 Å². The molecule has 1 amide bonds. The van der Waals surface area contributed by atoms with E-state index in [2.05, 4.69) is 18.3 Å². The van der Waals surface area contributed by atoms with E-state index in [-0.39, 0.29) is 18.3 Å². The summed E-state index contributed by atoms with van der Waals surface area (Å²) in [5, 5.41) is 5.59. The van der Waals surface area contributed by atoms with Crippen LogP contribution >= 0.6 is 22.7 Å². The van der Waals surface area contributed by atoms with Gasteiger partial charge in [0.2, 0.25) is 0 Å². The number of halogens is 2. The largest absolute Gasteiger partial charge is 0.486 e. The number of benzene rings is 3. The first kappa shape index (κ1) is 22.2. The molecule has 0 saturated carbocycles. The van der Waals surface area contributed by atoms with Crippen molar-refractivity contribution in [2.24, 2.45) is 0 Å². The van der Waals surface area contributed by atoms with E-state index in [1.54, 1.807) is 22.8 Å². The lowest BCUT2D eigenvalue weighted by molar-refractivity contribution is 0.103. The number of rotatable bonds is 6. The highest BCUT2D eigenvalue weighted by atomic mass is 32.1. The molecule has 1 N–H and O–H groups in total. The SMILES string of the molecule is Cc1ccc2nc(-c3ccc(NC(=O)c4cc(COc5ccc(F)cc5F)cs4)cc3)sc2c1. The standard InChI is InChI=1S/C26H18F2N2O2S2/c1-15-2-8-21-23(10-15)34-26(30-21)17-3-6-19(7-4-17)29-25(31)24-11-16(14-33-24)13-32-22-9-5-18(27)12-20(22)28/h2-12,14H,13H2,1H3,(H,29,31). The summed E-state index contributed by atoms with van der Waals surface area (Å²) in [6.07, 6.45) is 0. The van der Waals surface area contributed by atoms with Crippen molar-refractivity contribution in [3.8, 4) is 16.3 Å². The Labute approximate surface area is 202 Å². The molecule has 4 nitrogen and oxygen atoms in total. The summed E-state index contributed by atoms with van der Waals surface area (Å²) in [7, 11) is 0. The highest BCUT2D eigenvalue weighted by Crippen LogP contribution is 2.31. The third-order valence-electron chi connectivity index (χ3n) is 5.10. The van der Waals surface area contributed by atoms with Gasteiger partial charge in [0.15, 0.2) is 11.6 Å². The molecule has 0 saturated heterocycles. The molecule has 5 aromatic rings. The number of anilines is 1. The molecule has 34 heavy (non-hydrogen) atoms. The van der Waals surface area contributed by atoms with Crippen molar-refractivity contribution >= 4 is 44.5 Å². The molecule has 170 valence electrons. The van der Waals surface area contributed by atoms with Crippen LogP contribution in [0.2, 0.25) is 0 Å². The molecule has 5 rings (SSSR count). The normalized spacial score (nSPS) is 11.0. The number of ether oxygens (including phenoxy) is 1. The van der Waals surface area contributed by atoms with Crippen molar-refractivity contribution in [2.45, 2.75) is 13.5 Å². The van der Waals surface area contributed by atoms with E-state index in [0.717, 1.165) is 38.5 Å². The number of nitrogens with one attached hydrogen (secondary N) is 1. The van der Waals surface area contributed by atoms with Gasteiger partial charge in [-0.1, -0.05) is 6.07 Å². The summed E-state index contributed by atoms with van der Waals surface area (Å²) in [6, 6.07) is 18.6. The monoisotopic (exact) mass is 492 g/mol. The van der Waals surface area contributed by atoms with Crippen LogP contribution in [0.25, 0.3) is 20.8 Å². The Morgan fingerprint density at radius 1 is 1.03 bits per heavy atom. The Kier molecular flexibility index (Phi) is 6.08. The van der Waals surface area contributed by atoms with Crippen LogP contribution in [-0.2, 0) is 6.61 Å². The van der Waals surface area contributed by atoms with E-state index in [4.69, 9.17) is 9.72 Å². The van der Waals surface area contributed by atoms with Gasteiger partial charge in [0.05, 0.1) is 15.1 Å². The molecular weight excluding hydrogens is 474 g/mol. The molecule has 0 aliphatic rings. The van der Waals surface area contributed by atoms with Crippen molar-refractivity contribution in [1.29, 1.82) is 0 Å². The molecule has 0 aliphatic heterocycles. The van der Waals surface area contributed by atoms with Gasteiger partial charge >= 0.3 is 0 Å². The minimum absolute atomic E-state index is 0.0399. The number of amides is 1. The van der Waals surface area contributed by atoms with Crippen LogP contribution < -0.4 is 10.1 Å². The first-order valence-electron chi connectivity index (χ1n) is 10.4. The fourth-order valence-corrected chi connectivity index (χ4v) is 5.23. The second-order valence-corrected chi connectivity index (χ2v) is 9.65. The fraction of sp³-hybridized carbons (Fsp3) is 0.0769. The summed E-state index contributed by atoms with van der Waals surface area (Å²) < 4.78 is 33.3. The first-order chi connectivity index (χ1) is 16.4. The van der Waals surface area contributed by atoms with Gasteiger partial charge in [0.1, 0.15) is 17.4 Å². The number of aryl methyl sites for hydroxylation is 1. The minimum Gasteiger partial charge on any atom is -0.486 e. The van der Waals surface area contributed by atoms with E-state index < -0.39 is 11.6 Å². The molecule has 0 fully saturated rings. The molecule has 2 aromatic heterocycles. The average Bonchev–Trinajstić information content (AvgIpc) is 3.46. The molecule has 3 aromatic carbocycles. The zero-order valence-corrected chi connectivity index (χ0v) is 19.6. The third-order valence-corrected chi connectivity index (χ3v) is 7.14. The topological polar surface area (TPSA) is 51.2 Å². The van der Waals surface area contributed by atoms with Gasteiger partial charge in [-0.15, -0.1) is 22.7 Å². The second-order valence-electron chi connectivity index (χ2n) is 7.70. The van der Waals surface area contributed by atoms with Gasteiger partial charge in [-0.3, -0.25) is 4.79 Å². The van der Waals surface area contributed by atoms with Crippen LogP contribution in [0.4, 0.5) is 14.5 Å². The van der Waals surface area contributed by atoms with Crippen LogP contribution in [0.15, 0.2) is 72.1 Å². The van der Waals surface area contributed by atoms with Crippen molar-refractivity contribution in [3.05, 3.63) is 99.7 Å². The number of thiazole rings is 1. The predicted octanol–water partition coefficient (Wildman–Crippen LogP) is 7.44. The fourth-order valence-electron chi connectivity index (χ4n) is 3.37. The minimum atomic E-state index is -0.766. The Morgan fingerprint density at radius 2 is 1.85 bits per heavy atom.